The normalized spacial score (nSPS) is 10.0. The Kier molecular flexibility index (Phi) is 2.72. The molecule has 1 aromatic carbocycles. The number of non-ortho nitro benzene ring substituents is 1. The van der Waals surface area contributed by atoms with E-state index in [0.717, 1.165) is 0 Å². The summed E-state index contributed by atoms with van der Waals surface area (Å²) in [6, 6.07) is 2.71. The van der Waals surface area contributed by atoms with E-state index in [1.54, 1.807) is 0 Å². The molecule has 0 radical (unpaired) electrons. The molecule has 1 aromatic rings. The number of aryl methyl sites for hydroxylation is 1. The molecular formula is C8H9ClN2O2. The Morgan fingerprint density at radius 3 is 2.69 bits per heavy atom. The first kappa shape index (κ1) is 9.80. The highest BCUT2D eigenvalue weighted by atomic mass is 35.5. The highest BCUT2D eigenvalue weighted by Crippen LogP contribution is 2.28. The van der Waals surface area contributed by atoms with E-state index in [1.807, 2.05) is 6.92 Å². The lowest BCUT2D eigenvalue weighted by molar-refractivity contribution is -0.384. The Hall–Kier alpha value is -1.29. The monoisotopic (exact) mass is 200 g/mol. The highest BCUT2D eigenvalue weighted by molar-refractivity contribution is 6.33. The third-order valence-corrected chi connectivity index (χ3v) is 2.10. The third kappa shape index (κ3) is 1.89. The molecule has 0 aliphatic carbocycles. The summed E-state index contributed by atoms with van der Waals surface area (Å²) < 4.78 is 0. The quantitative estimate of drug-likeness (QED) is 0.453. The lowest BCUT2D eigenvalue weighted by atomic mass is 10.1. The zero-order valence-corrected chi connectivity index (χ0v) is 7.84. The van der Waals surface area contributed by atoms with Crippen LogP contribution < -0.4 is 5.73 Å². The van der Waals surface area contributed by atoms with E-state index in [9.17, 15) is 10.1 Å². The van der Waals surface area contributed by atoms with Gasteiger partial charge < -0.3 is 5.73 Å². The molecule has 1 rings (SSSR count). The first-order valence-corrected chi connectivity index (χ1v) is 4.16. The topological polar surface area (TPSA) is 69.2 Å². The molecule has 0 heterocycles. The van der Waals surface area contributed by atoms with Crippen molar-refractivity contribution in [2.45, 2.75) is 13.3 Å². The van der Waals surface area contributed by atoms with Crippen LogP contribution in [0.4, 0.5) is 11.4 Å². The van der Waals surface area contributed by atoms with Gasteiger partial charge in [-0.3, -0.25) is 10.1 Å². The molecule has 0 spiro atoms. The van der Waals surface area contributed by atoms with E-state index in [0.29, 0.717) is 17.7 Å². The predicted octanol–water partition coefficient (Wildman–Crippen LogP) is 2.39. The maximum absolute atomic E-state index is 10.4. The van der Waals surface area contributed by atoms with Gasteiger partial charge in [0, 0.05) is 12.1 Å². The third-order valence-electron chi connectivity index (χ3n) is 1.79. The summed E-state index contributed by atoms with van der Waals surface area (Å²) in [5, 5.41) is 10.7. The van der Waals surface area contributed by atoms with Crippen molar-refractivity contribution in [1.29, 1.82) is 0 Å². The number of rotatable bonds is 2. The van der Waals surface area contributed by atoms with Crippen LogP contribution in [0.3, 0.4) is 0 Å². The van der Waals surface area contributed by atoms with Crippen molar-refractivity contribution in [3.63, 3.8) is 0 Å². The number of nitro benzene ring substituents is 1. The minimum atomic E-state index is -0.482. The maximum atomic E-state index is 10.4. The molecule has 0 aliphatic heterocycles. The van der Waals surface area contributed by atoms with Crippen molar-refractivity contribution in [3.8, 4) is 0 Å². The molecule has 0 amide bonds. The molecule has 5 heteroatoms. The van der Waals surface area contributed by atoms with Crippen LogP contribution in [0.5, 0.6) is 0 Å². The number of hydrogen-bond donors (Lipinski definition) is 1. The van der Waals surface area contributed by atoms with Gasteiger partial charge in [0.15, 0.2) is 0 Å². The summed E-state index contributed by atoms with van der Waals surface area (Å²) in [6.45, 7) is 1.87. The van der Waals surface area contributed by atoms with E-state index >= 15 is 0 Å². The summed E-state index contributed by atoms with van der Waals surface area (Å²) in [7, 11) is 0. The van der Waals surface area contributed by atoms with Gasteiger partial charge in [0.2, 0.25) is 0 Å². The Bertz CT molecular complexity index is 352. The summed E-state index contributed by atoms with van der Waals surface area (Å²) in [5.41, 5.74) is 6.72. The van der Waals surface area contributed by atoms with Crippen molar-refractivity contribution >= 4 is 23.0 Å². The number of anilines is 1. The first-order valence-electron chi connectivity index (χ1n) is 3.78. The summed E-state index contributed by atoms with van der Waals surface area (Å²) in [6.07, 6.45) is 0.632. The Labute approximate surface area is 80.5 Å². The molecule has 0 fully saturated rings. The molecule has 4 nitrogen and oxygen atoms in total. The second kappa shape index (κ2) is 3.62. The van der Waals surface area contributed by atoms with Gasteiger partial charge in [-0.05, 0) is 12.0 Å². The fourth-order valence-electron chi connectivity index (χ4n) is 1.06. The summed E-state index contributed by atoms with van der Waals surface area (Å²) in [4.78, 5) is 9.96. The Morgan fingerprint density at radius 2 is 2.23 bits per heavy atom. The minimum Gasteiger partial charge on any atom is -0.397 e. The number of hydrogen-bond acceptors (Lipinski definition) is 3. The number of halogens is 1. The average molecular weight is 201 g/mol. The van der Waals surface area contributed by atoms with E-state index in [1.165, 1.54) is 12.1 Å². The molecule has 0 aliphatic rings. The lowest BCUT2D eigenvalue weighted by Crippen LogP contribution is -1.97. The van der Waals surface area contributed by atoms with Crippen molar-refractivity contribution in [3.05, 3.63) is 32.8 Å². The second-order valence-corrected chi connectivity index (χ2v) is 3.02. The fraction of sp³-hybridized carbons (Fsp3) is 0.250. The Balaban J connectivity index is 3.30. The van der Waals surface area contributed by atoms with Crippen LogP contribution in [0.2, 0.25) is 5.02 Å². The molecule has 0 unspecified atom stereocenters. The molecule has 70 valence electrons. The number of nitrogens with two attached hydrogens (primary N) is 1. The molecular weight excluding hydrogens is 192 g/mol. The van der Waals surface area contributed by atoms with Crippen molar-refractivity contribution in [1.82, 2.24) is 0 Å². The lowest BCUT2D eigenvalue weighted by Gasteiger charge is -2.04. The SMILES string of the molecule is CCc1cc([N+](=O)[O-])cc(Cl)c1N. The van der Waals surface area contributed by atoms with Crippen molar-refractivity contribution in [2.75, 3.05) is 5.73 Å². The van der Waals surface area contributed by atoms with Crippen molar-refractivity contribution < 1.29 is 4.92 Å². The smallest absolute Gasteiger partial charge is 0.271 e. The van der Waals surface area contributed by atoms with E-state index in [2.05, 4.69) is 0 Å². The predicted molar refractivity (Wildman–Crippen MR) is 51.9 cm³/mol. The van der Waals surface area contributed by atoms with Gasteiger partial charge in [-0.1, -0.05) is 18.5 Å². The second-order valence-electron chi connectivity index (χ2n) is 2.61. The van der Waals surface area contributed by atoms with Gasteiger partial charge in [0.05, 0.1) is 15.6 Å². The van der Waals surface area contributed by atoms with Gasteiger partial charge in [-0.25, -0.2) is 0 Å². The highest BCUT2D eigenvalue weighted by Gasteiger charge is 2.11. The number of benzene rings is 1. The minimum absolute atomic E-state index is 0.0175. The largest absolute Gasteiger partial charge is 0.397 e. The van der Waals surface area contributed by atoms with Crippen LogP contribution in [0.15, 0.2) is 12.1 Å². The molecule has 13 heavy (non-hydrogen) atoms. The number of nitrogen functional groups attached to an aromatic ring is 1. The molecule has 0 bridgehead atoms. The maximum Gasteiger partial charge on any atom is 0.271 e. The summed E-state index contributed by atoms with van der Waals surface area (Å²) >= 11 is 5.71. The van der Waals surface area contributed by atoms with E-state index in [-0.39, 0.29) is 10.7 Å². The van der Waals surface area contributed by atoms with Gasteiger partial charge in [0.25, 0.3) is 5.69 Å². The number of nitro groups is 1. The molecule has 0 atom stereocenters. The van der Waals surface area contributed by atoms with Crippen LogP contribution in [0, 0.1) is 10.1 Å². The average Bonchev–Trinajstić information content (AvgIpc) is 2.09. The molecule has 0 saturated heterocycles. The van der Waals surface area contributed by atoms with E-state index < -0.39 is 4.92 Å². The van der Waals surface area contributed by atoms with Gasteiger partial charge in [-0.15, -0.1) is 0 Å². The molecule has 0 aromatic heterocycles. The van der Waals surface area contributed by atoms with Crippen LogP contribution in [0.25, 0.3) is 0 Å². The zero-order chi connectivity index (χ0) is 10.0. The van der Waals surface area contributed by atoms with Crippen LogP contribution in [-0.2, 0) is 6.42 Å². The Morgan fingerprint density at radius 1 is 1.62 bits per heavy atom. The van der Waals surface area contributed by atoms with Crippen LogP contribution in [0.1, 0.15) is 12.5 Å². The molecule has 2 N–H and O–H groups in total. The van der Waals surface area contributed by atoms with Crippen LogP contribution >= 0.6 is 11.6 Å². The first-order chi connectivity index (χ1) is 6.06. The van der Waals surface area contributed by atoms with Gasteiger partial charge in [-0.2, -0.15) is 0 Å². The zero-order valence-electron chi connectivity index (χ0n) is 7.08. The fourth-order valence-corrected chi connectivity index (χ4v) is 1.29. The summed E-state index contributed by atoms with van der Waals surface area (Å²) in [5.74, 6) is 0. The standard InChI is InChI=1S/C8H9ClN2O2/c1-2-5-3-6(11(12)13)4-7(9)8(5)10/h3-4H,2,10H2,1H3. The molecule has 0 saturated carbocycles. The van der Waals surface area contributed by atoms with Crippen molar-refractivity contribution in [2.24, 2.45) is 0 Å². The van der Waals surface area contributed by atoms with Crippen LogP contribution in [-0.4, -0.2) is 4.92 Å². The van der Waals surface area contributed by atoms with Gasteiger partial charge >= 0.3 is 0 Å². The van der Waals surface area contributed by atoms with E-state index in [4.69, 9.17) is 17.3 Å². The van der Waals surface area contributed by atoms with Gasteiger partial charge in [0.1, 0.15) is 0 Å². The number of nitrogens with zero attached hydrogens (tertiary/aromatic N) is 1.